The van der Waals surface area contributed by atoms with Crippen molar-refractivity contribution in [2.75, 3.05) is 0 Å². The quantitative estimate of drug-likeness (QED) is 0.579. The maximum Gasteiger partial charge on any atom is 0.224 e. The highest BCUT2D eigenvalue weighted by atomic mass is 35.5. The predicted octanol–water partition coefficient (Wildman–Crippen LogP) is 5.13. The van der Waals surface area contributed by atoms with E-state index in [4.69, 9.17) is 23.2 Å². The minimum Gasteiger partial charge on any atom is -0.218 e. The topological polar surface area (TPSA) is 25.8 Å². The van der Waals surface area contributed by atoms with Crippen molar-refractivity contribution < 1.29 is 0 Å². The molecule has 0 bridgehead atoms. The van der Waals surface area contributed by atoms with Crippen LogP contribution in [-0.4, -0.2) is 9.97 Å². The fourth-order valence-electron chi connectivity index (χ4n) is 1.89. The van der Waals surface area contributed by atoms with Crippen LogP contribution in [0.15, 0.2) is 36.9 Å². The molecule has 0 N–H and O–H groups in total. The first-order valence-electron chi connectivity index (χ1n) is 5.74. The molecule has 0 saturated heterocycles. The van der Waals surface area contributed by atoms with Gasteiger partial charge in [-0.25, -0.2) is 9.97 Å². The summed E-state index contributed by atoms with van der Waals surface area (Å²) in [6.45, 7) is 5.83. The van der Waals surface area contributed by atoms with Crippen LogP contribution >= 0.6 is 23.2 Å². The second kappa shape index (κ2) is 6.00. The number of halogens is 2. The molecule has 1 aromatic heterocycles. The van der Waals surface area contributed by atoms with E-state index in [1.807, 2.05) is 37.3 Å². The molecular weight excluding hydrogens is 279 g/mol. The van der Waals surface area contributed by atoms with Gasteiger partial charge >= 0.3 is 0 Å². The van der Waals surface area contributed by atoms with Gasteiger partial charge in [-0.3, -0.25) is 0 Å². The van der Waals surface area contributed by atoms with Crippen molar-refractivity contribution in [2.45, 2.75) is 6.92 Å². The van der Waals surface area contributed by atoms with Crippen LogP contribution in [0.1, 0.15) is 18.1 Å². The Morgan fingerprint density at radius 3 is 2.63 bits per heavy atom. The van der Waals surface area contributed by atoms with Crippen LogP contribution in [0.2, 0.25) is 10.4 Å². The van der Waals surface area contributed by atoms with Crippen LogP contribution in [0.4, 0.5) is 0 Å². The van der Waals surface area contributed by atoms with Crippen LogP contribution in [0.5, 0.6) is 0 Å². The zero-order valence-electron chi connectivity index (χ0n) is 10.4. The molecule has 19 heavy (non-hydrogen) atoms. The minimum atomic E-state index is 0.133. The Morgan fingerprint density at radius 1 is 1.21 bits per heavy atom. The fraction of sp³-hybridized carbons (Fsp3) is 0.0667. The minimum absolute atomic E-state index is 0.133. The van der Waals surface area contributed by atoms with Gasteiger partial charge in [0.05, 0.1) is 5.69 Å². The lowest BCUT2D eigenvalue weighted by molar-refractivity contribution is 1.17. The van der Waals surface area contributed by atoms with Gasteiger partial charge in [-0.1, -0.05) is 54.6 Å². The smallest absolute Gasteiger partial charge is 0.218 e. The van der Waals surface area contributed by atoms with E-state index >= 15 is 0 Å². The van der Waals surface area contributed by atoms with Gasteiger partial charge in [0.25, 0.3) is 0 Å². The molecule has 0 amide bonds. The lowest BCUT2D eigenvalue weighted by Gasteiger charge is -2.09. The molecule has 2 aromatic rings. The summed E-state index contributed by atoms with van der Waals surface area (Å²) in [7, 11) is 0. The number of hydrogen-bond donors (Lipinski definition) is 0. The van der Waals surface area contributed by atoms with E-state index in [1.165, 1.54) is 0 Å². The van der Waals surface area contributed by atoms with E-state index in [2.05, 4.69) is 16.5 Å². The third-order valence-corrected chi connectivity index (χ3v) is 3.00. The van der Waals surface area contributed by atoms with Crippen LogP contribution in [0.25, 0.3) is 23.4 Å². The van der Waals surface area contributed by atoms with Gasteiger partial charge in [-0.15, -0.1) is 0 Å². The molecule has 0 radical (unpaired) electrons. The Morgan fingerprint density at radius 2 is 2.00 bits per heavy atom. The Hall–Kier alpha value is -1.64. The molecule has 0 spiro atoms. The van der Waals surface area contributed by atoms with Crippen molar-refractivity contribution in [3.63, 3.8) is 0 Å². The Bertz CT molecular complexity index is 628. The second-order valence-electron chi connectivity index (χ2n) is 3.86. The van der Waals surface area contributed by atoms with Gasteiger partial charge in [0, 0.05) is 11.6 Å². The summed E-state index contributed by atoms with van der Waals surface area (Å²) in [4.78, 5) is 8.07. The highest BCUT2D eigenvalue weighted by Gasteiger charge is 2.09. The molecule has 0 saturated carbocycles. The Kier molecular flexibility index (Phi) is 4.35. The molecule has 2 nitrogen and oxygen atoms in total. The standard InChI is InChI=1S/C15H12Cl2N2/c1-3-6-10-7-5-8-12(11(10)4-2)13-9-14(16)19-15(17)18-13/h3-9H,2H2,1H3/b6-3-. The summed E-state index contributed by atoms with van der Waals surface area (Å²) < 4.78 is 0. The molecule has 4 heteroatoms. The van der Waals surface area contributed by atoms with Crippen molar-refractivity contribution in [2.24, 2.45) is 0 Å². The molecule has 0 unspecified atom stereocenters. The average molecular weight is 291 g/mol. The van der Waals surface area contributed by atoms with Crippen LogP contribution in [-0.2, 0) is 0 Å². The lowest BCUT2D eigenvalue weighted by atomic mass is 9.98. The van der Waals surface area contributed by atoms with Crippen molar-refractivity contribution in [1.29, 1.82) is 0 Å². The summed E-state index contributed by atoms with van der Waals surface area (Å²) in [5.41, 5.74) is 3.68. The summed E-state index contributed by atoms with van der Waals surface area (Å²) in [6, 6.07) is 7.63. The largest absolute Gasteiger partial charge is 0.224 e. The van der Waals surface area contributed by atoms with Crippen LogP contribution < -0.4 is 0 Å². The second-order valence-corrected chi connectivity index (χ2v) is 4.58. The zero-order valence-corrected chi connectivity index (χ0v) is 11.9. The SMILES string of the molecule is C=Cc1c(/C=C\C)cccc1-c1cc(Cl)nc(Cl)n1. The predicted molar refractivity (Wildman–Crippen MR) is 82.3 cm³/mol. The highest BCUT2D eigenvalue weighted by Crippen LogP contribution is 2.28. The molecule has 0 aliphatic rings. The first-order chi connectivity index (χ1) is 9.15. The van der Waals surface area contributed by atoms with E-state index in [0.717, 1.165) is 16.7 Å². The Balaban J connectivity index is 2.67. The number of nitrogens with zero attached hydrogens (tertiary/aromatic N) is 2. The number of hydrogen-bond acceptors (Lipinski definition) is 2. The maximum atomic E-state index is 5.92. The molecule has 1 aromatic carbocycles. The van der Waals surface area contributed by atoms with Gasteiger partial charge in [-0.2, -0.15) is 0 Å². The van der Waals surface area contributed by atoms with Gasteiger partial charge in [0.2, 0.25) is 5.28 Å². The molecule has 1 heterocycles. The summed E-state index contributed by atoms with van der Waals surface area (Å²) in [6.07, 6.45) is 5.80. The van der Waals surface area contributed by atoms with E-state index < -0.39 is 0 Å². The summed E-state index contributed by atoms with van der Waals surface area (Å²) >= 11 is 11.8. The Labute approximate surface area is 122 Å². The maximum absolute atomic E-state index is 5.92. The monoisotopic (exact) mass is 290 g/mol. The van der Waals surface area contributed by atoms with E-state index in [1.54, 1.807) is 12.1 Å². The van der Waals surface area contributed by atoms with E-state index in [-0.39, 0.29) is 5.28 Å². The van der Waals surface area contributed by atoms with Crippen LogP contribution in [0, 0.1) is 0 Å². The first-order valence-corrected chi connectivity index (χ1v) is 6.50. The molecule has 0 aliphatic heterocycles. The number of rotatable bonds is 3. The summed E-state index contributed by atoms with van der Waals surface area (Å²) in [5, 5.41) is 0.454. The van der Waals surface area contributed by atoms with E-state index in [9.17, 15) is 0 Å². The number of aromatic nitrogens is 2. The zero-order chi connectivity index (χ0) is 13.8. The fourth-order valence-corrected chi connectivity index (χ4v) is 2.30. The van der Waals surface area contributed by atoms with Gasteiger partial charge in [-0.05, 0) is 29.7 Å². The molecular formula is C15H12Cl2N2. The van der Waals surface area contributed by atoms with Crippen LogP contribution in [0.3, 0.4) is 0 Å². The van der Waals surface area contributed by atoms with Crippen molar-refractivity contribution in [1.82, 2.24) is 9.97 Å². The first kappa shape index (κ1) is 13.8. The molecule has 2 rings (SSSR count). The molecule has 0 atom stereocenters. The number of benzene rings is 1. The average Bonchev–Trinajstić information content (AvgIpc) is 2.37. The normalized spacial score (nSPS) is 10.9. The van der Waals surface area contributed by atoms with Gasteiger partial charge < -0.3 is 0 Å². The van der Waals surface area contributed by atoms with E-state index in [0.29, 0.717) is 10.8 Å². The third-order valence-electron chi connectivity index (χ3n) is 2.63. The number of allylic oxidation sites excluding steroid dienone is 1. The third kappa shape index (κ3) is 3.03. The van der Waals surface area contributed by atoms with Crippen molar-refractivity contribution >= 4 is 35.4 Å². The van der Waals surface area contributed by atoms with Crippen molar-refractivity contribution in [3.8, 4) is 11.3 Å². The highest BCUT2D eigenvalue weighted by molar-refractivity contribution is 6.32. The molecule has 0 fully saturated rings. The lowest BCUT2D eigenvalue weighted by Crippen LogP contribution is -1.92. The van der Waals surface area contributed by atoms with Crippen molar-refractivity contribution in [3.05, 3.63) is 58.5 Å². The van der Waals surface area contributed by atoms with Gasteiger partial charge in [0.15, 0.2) is 0 Å². The molecule has 0 aliphatic carbocycles. The molecule has 96 valence electrons. The summed E-state index contributed by atoms with van der Waals surface area (Å²) in [5.74, 6) is 0. The van der Waals surface area contributed by atoms with Gasteiger partial charge in [0.1, 0.15) is 5.15 Å².